The predicted octanol–water partition coefficient (Wildman–Crippen LogP) is 4.07. The number of fused-ring (bicyclic) bond motifs is 3. The molecular formula is C22H16ClN5O2. The number of ether oxygens (including phenoxy) is 1. The van der Waals surface area contributed by atoms with Crippen molar-refractivity contribution in [2.45, 2.75) is 6.92 Å². The molecule has 0 bridgehead atoms. The molecule has 30 heavy (non-hydrogen) atoms. The first-order valence-corrected chi connectivity index (χ1v) is 9.62. The number of aromatic nitrogens is 5. The summed E-state index contributed by atoms with van der Waals surface area (Å²) in [4.78, 5) is 13.1. The minimum atomic E-state index is -0.289. The fourth-order valence-electron chi connectivity index (χ4n) is 3.58. The summed E-state index contributed by atoms with van der Waals surface area (Å²) in [5.41, 5.74) is 4.39. The van der Waals surface area contributed by atoms with E-state index in [4.69, 9.17) is 16.3 Å². The van der Waals surface area contributed by atoms with Crippen LogP contribution in [0.25, 0.3) is 33.5 Å². The Morgan fingerprint density at radius 3 is 2.57 bits per heavy atom. The Kier molecular flexibility index (Phi) is 4.25. The lowest BCUT2D eigenvalue weighted by molar-refractivity contribution is 0.415. The molecule has 0 unspecified atom stereocenters. The van der Waals surface area contributed by atoms with Gasteiger partial charge in [-0.05, 0) is 48.9 Å². The van der Waals surface area contributed by atoms with Crippen molar-refractivity contribution in [1.82, 2.24) is 24.4 Å². The van der Waals surface area contributed by atoms with E-state index in [1.165, 1.54) is 4.57 Å². The third kappa shape index (κ3) is 2.83. The lowest BCUT2D eigenvalue weighted by atomic mass is 10.1. The first-order valence-electron chi connectivity index (χ1n) is 9.24. The van der Waals surface area contributed by atoms with Crippen LogP contribution in [0.4, 0.5) is 0 Å². The molecule has 0 spiro atoms. The number of aryl methyl sites for hydroxylation is 1. The Balaban J connectivity index is 1.73. The van der Waals surface area contributed by atoms with Crippen molar-refractivity contribution in [2.75, 3.05) is 7.11 Å². The molecule has 148 valence electrons. The average Bonchev–Trinajstić information content (AvgIpc) is 3.10. The second kappa shape index (κ2) is 6.96. The van der Waals surface area contributed by atoms with Crippen LogP contribution in [0, 0.1) is 6.92 Å². The number of halogens is 1. The van der Waals surface area contributed by atoms with Crippen LogP contribution in [0.3, 0.4) is 0 Å². The highest BCUT2D eigenvalue weighted by molar-refractivity contribution is 6.30. The second-order valence-corrected chi connectivity index (χ2v) is 7.27. The van der Waals surface area contributed by atoms with Crippen LogP contribution >= 0.6 is 11.6 Å². The topological polar surface area (TPSA) is 74.3 Å². The van der Waals surface area contributed by atoms with Gasteiger partial charge in [-0.2, -0.15) is 5.10 Å². The molecule has 0 saturated carbocycles. The highest BCUT2D eigenvalue weighted by Crippen LogP contribution is 2.29. The fraction of sp³-hybridized carbons (Fsp3) is 0.0909. The maximum Gasteiger partial charge on any atom is 0.285 e. The van der Waals surface area contributed by atoms with Gasteiger partial charge >= 0.3 is 0 Å². The Bertz CT molecular complexity index is 1470. The molecule has 3 heterocycles. The van der Waals surface area contributed by atoms with Gasteiger partial charge in [0, 0.05) is 11.2 Å². The van der Waals surface area contributed by atoms with Gasteiger partial charge in [0.1, 0.15) is 11.3 Å². The molecule has 0 amide bonds. The molecule has 0 aliphatic carbocycles. The number of hydrogen-bond acceptors (Lipinski definition) is 5. The van der Waals surface area contributed by atoms with Gasteiger partial charge in [-0.1, -0.05) is 29.8 Å². The third-order valence-corrected chi connectivity index (χ3v) is 5.25. The monoisotopic (exact) mass is 417 g/mol. The summed E-state index contributed by atoms with van der Waals surface area (Å²) >= 11 is 6.08. The maximum absolute atomic E-state index is 13.1. The van der Waals surface area contributed by atoms with Gasteiger partial charge in [0.2, 0.25) is 0 Å². The second-order valence-electron chi connectivity index (χ2n) is 6.83. The van der Waals surface area contributed by atoms with Gasteiger partial charge in [0.25, 0.3) is 5.56 Å². The van der Waals surface area contributed by atoms with E-state index in [0.717, 1.165) is 22.6 Å². The van der Waals surface area contributed by atoms with Crippen LogP contribution in [0.2, 0.25) is 5.02 Å². The molecule has 0 atom stereocenters. The summed E-state index contributed by atoms with van der Waals surface area (Å²) < 4.78 is 8.40. The summed E-state index contributed by atoms with van der Waals surface area (Å²) in [5, 5.41) is 13.8. The zero-order chi connectivity index (χ0) is 20.8. The SMILES string of the molecule is COc1ccc(-c2c(C)nn3c2nnc2c(=O)n(-c4cccc(Cl)c4)ccc23)cc1. The van der Waals surface area contributed by atoms with E-state index in [1.807, 2.05) is 43.3 Å². The summed E-state index contributed by atoms with van der Waals surface area (Å²) in [6, 6.07) is 16.6. The molecule has 0 fully saturated rings. The van der Waals surface area contributed by atoms with E-state index in [0.29, 0.717) is 21.9 Å². The van der Waals surface area contributed by atoms with E-state index >= 15 is 0 Å². The van der Waals surface area contributed by atoms with E-state index in [2.05, 4.69) is 15.3 Å². The van der Waals surface area contributed by atoms with Crippen LogP contribution in [-0.4, -0.2) is 31.5 Å². The number of pyridine rings is 1. The summed E-state index contributed by atoms with van der Waals surface area (Å²) in [6.45, 7) is 1.91. The first-order chi connectivity index (χ1) is 14.6. The van der Waals surface area contributed by atoms with E-state index in [9.17, 15) is 4.79 Å². The number of rotatable bonds is 3. The van der Waals surface area contributed by atoms with Crippen molar-refractivity contribution in [1.29, 1.82) is 0 Å². The predicted molar refractivity (Wildman–Crippen MR) is 116 cm³/mol. The van der Waals surface area contributed by atoms with Gasteiger partial charge in [0.05, 0.1) is 24.1 Å². The summed E-state index contributed by atoms with van der Waals surface area (Å²) in [6.07, 6.45) is 1.70. The van der Waals surface area contributed by atoms with Crippen LogP contribution in [-0.2, 0) is 0 Å². The molecule has 0 saturated heterocycles. The van der Waals surface area contributed by atoms with Crippen molar-refractivity contribution in [3.05, 3.63) is 81.9 Å². The van der Waals surface area contributed by atoms with Crippen LogP contribution in [0.5, 0.6) is 5.75 Å². The molecule has 0 aliphatic rings. The molecule has 0 aliphatic heterocycles. The van der Waals surface area contributed by atoms with Crippen molar-refractivity contribution in [2.24, 2.45) is 0 Å². The highest BCUT2D eigenvalue weighted by Gasteiger charge is 2.17. The smallest absolute Gasteiger partial charge is 0.285 e. The van der Waals surface area contributed by atoms with Crippen molar-refractivity contribution in [3.8, 4) is 22.6 Å². The molecular weight excluding hydrogens is 402 g/mol. The molecule has 5 rings (SSSR count). The fourth-order valence-corrected chi connectivity index (χ4v) is 3.76. The lowest BCUT2D eigenvalue weighted by Crippen LogP contribution is -2.20. The standard InChI is InChI=1S/C22H16ClN5O2/c1-13-19(14-6-8-17(30-2)9-7-14)21-25-24-20-18(28(21)26-13)10-11-27(22(20)29)16-5-3-4-15(23)12-16/h3-12H,1-2H3. The number of hydrogen-bond donors (Lipinski definition) is 0. The molecule has 0 N–H and O–H groups in total. The number of benzene rings is 2. The molecule has 7 nitrogen and oxygen atoms in total. The molecule has 2 aromatic carbocycles. The molecule has 5 aromatic rings. The van der Waals surface area contributed by atoms with Crippen LogP contribution in [0.15, 0.2) is 65.6 Å². The van der Waals surface area contributed by atoms with Crippen LogP contribution in [0.1, 0.15) is 5.69 Å². The quantitative estimate of drug-likeness (QED) is 0.442. The normalized spacial score (nSPS) is 11.3. The van der Waals surface area contributed by atoms with Crippen molar-refractivity contribution in [3.63, 3.8) is 0 Å². The third-order valence-electron chi connectivity index (χ3n) is 5.02. The minimum Gasteiger partial charge on any atom is -0.497 e. The van der Waals surface area contributed by atoms with E-state index in [-0.39, 0.29) is 11.1 Å². The Morgan fingerprint density at radius 1 is 1.03 bits per heavy atom. The largest absolute Gasteiger partial charge is 0.497 e. The Labute approximate surface area is 176 Å². The van der Waals surface area contributed by atoms with E-state index in [1.54, 1.807) is 36.0 Å². The highest BCUT2D eigenvalue weighted by atomic mass is 35.5. The summed E-state index contributed by atoms with van der Waals surface area (Å²) in [7, 11) is 1.63. The van der Waals surface area contributed by atoms with Crippen molar-refractivity contribution < 1.29 is 4.74 Å². The minimum absolute atomic E-state index is 0.230. The Hall–Kier alpha value is -3.71. The molecule has 3 aromatic heterocycles. The van der Waals surface area contributed by atoms with Gasteiger partial charge in [-0.25, -0.2) is 4.52 Å². The Morgan fingerprint density at radius 2 is 1.83 bits per heavy atom. The zero-order valence-electron chi connectivity index (χ0n) is 16.2. The first kappa shape index (κ1) is 18.3. The van der Waals surface area contributed by atoms with Gasteiger partial charge in [-0.3, -0.25) is 9.36 Å². The zero-order valence-corrected chi connectivity index (χ0v) is 17.0. The van der Waals surface area contributed by atoms with Crippen LogP contribution < -0.4 is 10.3 Å². The van der Waals surface area contributed by atoms with Gasteiger partial charge < -0.3 is 4.74 Å². The number of methoxy groups -OCH3 is 1. The maximum atomic E-state index is 13.1. The van der Waals surface area contributed by atoms with Crippen molar-refractivity contribution >= 4 is 28.3 Å². The molecule has 8 heteroatoms. The molecule has 0 radical (unpaired) electrons. The van der Waals surface area contributed by atoms with Gasteiger partial charge in [0.15, 0.2) is 11.2 Å². The van der Waals surface area contributed by atoms with E-state index < -0.39 is 0 Å². The summed E-state index contributed by atoms with van der Waals surface area (Å²) in [5.74, 6) is 0.769. The lowest BCUT2D eigenvalue weighted by Gasteiger charge is -2.08. The van der Waals surface area contributed by atoms with Gasteiger partial charge in [-0.15, -0.1) is 10.2 Å². The average molecular weight is 418 g/mol. The number of nitrogens with zero attached hydrogens (tertiary/aromatic N) is 5.